The first-order chi connectivity index (χ1) is 8.09. The lowest BCUT2D eigenvalue weighted by molar-refractivity contribution is -0.0708. The van der Waals surface area contributed by atoms with Crippen molar-refractivity contribution in [2.24, 2.45) is 11.3 Å². The van der Waals surface area contributed by atoms with E-state index >= 15 is 0 Å². The molecule has 18 heavy (non-hydrogen) atoms. The van der Waals surface area contributed by atoms with Crippen molar-refractivity contribution < 1.29 is 4.74 Å². The maximum absolute atomic E-state index is 5.94. The van der Waals surface area contributed by atoms with Crippen LogP contribution in [0.15, 0.2) is 0 Å². The predicted octanol–water partition coefficient (Wildman–Crippen LogP) is 2.50. The second kappa shape index (κ2) is 7.09. The van der Waals surface area contributed by atoms with E-state index in [1.165, 1.54) is 38.9 Å². The van der Waals surface area contributed by atoms with Crippen LogP contribution in [0.25, 0.3) is 0 Å². The zero-order valence-corrected chi connectivity index (χ0v) is 12.9. The fourth-order valence-corrected chi connectivity index (χ4v) is 2.91. The summed E-state index contributed by atoms with van der Waals surface area (Å²) in [6, 6.07) is 0. The summed E-state index contributed by atoms with van der Waals surface area (Å²) < 4.78 is 5.94. The van der Waals surface area contributed by atoms with E-state index in [1.54, 1.807) is 0 Å². The zero-order chi connectivity index (χ0) is 12.3. The highest BCUT2D eigenvalue weighted by Gasteiger charge is 2.29. The Hall–Kier alpha value is 0.170. The summed E-state index contributed by atoms with van der Waals surface area (Å²) in [6.07, 6.45) is 4.22. The molecule has 4 heteroatoms. The lowest BCUT2D eigenvalue weighted by atomic mass is 9.90. The molecule has 0 amide bonds. The molecule has 2 rings (SSSR count). The number of likely N-dealkylation sites (tertiary alicyclic amines) is 1. The van der Waals surface area contributed by atoms with Crippen LogP contribution in [-0.2, 0) is 4.74 Å². The Bertz CT molecular complexity index is 238. The second-order valence-corrected chi connectivity index (χ2v) is 6.48. The molecule has 2 aliphatic heterocycles. The zero-order valence-electron chi connectivity index (χ0n) is 12.1. The highest BCUT2D eigenvalue weighted by Crippen LogP contribution is 2.25. The lowest BCUT2D eigenvalue weighted by Crippen LogP contribution is -2.49. The van der Waals surface area contributed by atoms with E-state index in [0.29, 0.717) is 11.6 Å². The molecule has 108 valence electrons. The monoisotopic (exact) mass is 276 g/mol. The third-order valence-corrected chi connectivity index (χ3v) is 4.08. The molecule has 1 N–H and O–H groups in total. The minimum Gasteiger partial charge on any atom is -0.363 e. The van der Waals surface area contributed by atoms with Gasteiger partial charge in [0.05, 0.1) is 6.61 Å². The Kier molecular flexibility index (Phi) is 6.39. The highest BCUT2D eigenvalue weighted by molar-refractivity contribution is 5.85. The smallest absolute Gasteiger partial charge is 0.108 e. The number of hydrogen-bond donors (Lipinski definition) is 1. The standard InChI is InChI=1S/C14H28N2O.ClH/c1-4-16-7-5-6-12(9-16)8-13-15-10-14(2,3)11-17-13;/h12-13,15H,4-11H2,1-3H3;1H. The topological polar surface area (TPSA) is 24.5 Å². The average Bonchev–Trinajstić information content (AvgIpc) is 2.32. The molecule has 2 atom stereocenters. The number of halogens is 1. The number of ether oxygens (including phenoxy) is 1. The molecule has 0 spiro atoms. The Morgan fingerprint density at radius 1 is 1.39 bits per heavy atom. The van der Waals surface area contributed by atoms with E-state index in [-0.39, 0.29) is 12.4 Å². The van der Waals surface area contributed by atoms with E-state index in [1.807, 2.05) is 0 Å². The molecule has 2 aliphatic rings. The molecular weight excluding hydrogens is 248 g/mol. The maximum Gasteiger partial charge on any atom is 0.108 e. The lowest BCUT2D eigenvalue weighted by Gasteiger charge is -2.39. The first-order valence-corrected chi connectivity index (χ1v) is 7.16. The number of hydrogen-bond acceptors (Lipinski definition) is 3. The van der Waals surface area contributed by atoms with Crippen LogP contribution in [0.1, 0.15) is 40.0 Å². The Morgan fingerprint density at radius 2 is 2.17 bits per heavy atom. The molecule has 0 bridgehead atoms. The molecule has 0 aliphatic carbocycles. The van der Waals surface area contributed by atoms with Gasteiger partial charge in [-0.15, -0.1) is 12.4 Å². The third-order valence-electron chi connectivity index (χ3n) is 4.08. The normalized spacial score (nSPS) is 32.8. The fraction of sp³-hybridized carbons (Fsp3) is 1.00. The molecule has 0 aromatic carbocycles. The predicted molar refractivity (Wildman–Crippen MR) is 78.2 cm³/mol. The first-order valence-electron chi connectivity index (χ1n) is 7.16. The molecule has 0 aromatic rings. The largest absolute Gasteiger partial charge is 0.363 e. The van der Waals surface area contributed by atoms with Gasteiger partial charge in [-0.1, -0.05) is 20.8 Å². The van der Waals surface area contributed by atoms with Crippen LogP contribution in [0.4, 0.5) is 0 Å². The van der Waals surface area contributed by atoms with Gasteiger partial charge in [0.1, 0.15) is 6.23 Å². The molecule has 2 fully saturated rings. The summed E-state index contributed by atoms with van der Waals surface area (Å²) in [6.45, 7) is 12.5. The fourth-order valence-electron chi connectivity index (χ4n) is 2.91. The average molecular weight is 277 g/mol. The Labute approximate surface area is 118 Å². The first kappa shape index (κ1) is 16.2. The number of piperidine rings is 1. The second-order valence-electron chi connectivity index (χ2n) is 6.48. The minimum atomic E-state index is 0. The Morgan fingerprint density at radius 3 is 2.78 bits per heavy atom. The van der Waals surface area contributed by atoms with Crippen molar-refractivity contribution in [2.45, 2.75) is 46.3 Å². The van der Waals surface area contributed by atoms with Crippen LogP contribution in [0.5, 0.6) is 0 Å². The summed E-state index contributed by atoms with van der Waals surface area (Å²) in [7, 11) is 0. The van der Waals surface area contributed by atoms with Crippen LogP contribution >= 0.6 is 12.4 Å². The van der Waals surface area contributed by atoms with Gasteiger partial charge in [-0.3, -0.25) is 5.32 Å². The van der Waals surface area contributed by atoms with Crippen LogP contribution < -0.4 is 5.32 Å². The molecule has 2 heterocycles. The summed E-state index contributed by atoms with van der Waals surface area (Å²) in [5.41, 5.74) is 0.304. The van der Waals surface area contributed by atoms with Crippen molar-refractivity contribution in [3.05, 3.63) is 0 Å². The van der Waals surface area contributed by atoms with E-state index in [0.717, 1.165) is 19.1 Å². The highest BCUT2D eigenvalue weighted by atomic mass is 35.5. The molecule has 3 nitrogen and oxygen atoms in total. The molecule has 2 saturated heterocycles. The third kappa shape index (κ3) is 4.69. The number of rotatable bonds is 3. The van der Waals surface area contributed by atoms with E-state index < -0.39 is 0 Å². The molecule has 2 unspecified atom stereocenters. The Balaban J connectivity index is 0.00000162. The summed E-state index contributed by atoms with van der Waals surface area (Å²) in [5, 5.41) is 3.55. The van der Waals surface area contributed by atoms with Crippen molar-refractivity contribution in [1.29, 1.82) is 0 Å². The molecular formula is C14H29ClN2O. The van der Waals surface area contributed by atoms with Crippen LogP contribution in [-0.4, -0.2) is 43.9 Å². The number of nitrogens with zero attached hydrogens (tertiary/aromatic N) is 1. The SMILES string of the molecule is CCN1CCCC(CC2NCC(C)(C)CO2)C1.Cl. The van der Waals surface area contributed by atoms with Crippen molar-refractivity contribution in [2.75, 3.05) is 32.8 Å². The van der Waals surface area contributed by atoms with Crippen molar-refractivity contribution in [3.63, 3.8) is 0 Å². The van der Waals surface area contributed by atoms with Gasteiger partial charge in [-0.2, -0.15) is 0 Å². The van der Waals surface area contributed by atoms with Gasteiger partial charge in [0.2, 0.25) is 0 Å². The van der Waals surface area contributed by atoms with E-state index in [9.17, 15) is 0 Å². The number of nitrogens with one attached hydrogen (secondary N) is 1. The molecule has 0 aromatic heterocycles. The van der Waals surface area contributed by atoms with Crippen LogP contribution in [0.2, 0.25) is 0 Å². The van der Waals surface area contributed by atoms with Crippen molar-refractivity contribution in [1.82, 2.24) is 10.2 Å². The minimum absolute atomic E-state index is 0. The summed E-state index contributed by atoms with van der Waals surface area (Å²) in [4.78, 5) is 2.57. The van der Waals surface area contributed by atoms with Crippen LogP contribution in [0, 0.1) is 11.3 Å². The van der Waals surface area contributed by atoms with E-state index in [2.05, 4.69) is 31.0 Å². The van der Waals surface area contributed by atoms with Gasteiger partial charge in [-0.05, 0) is 38.3 Å². The van der Waals surface area contributed by atoms with Gasteiger partial charge < -0.3 is 9.64 Å². The van der Waals surface area contributed by atoms with E-state index in [4.69, 9.17) is 4.74 Å². The van der Waals surface area contributed by atoms with Crippen LogP contribution in [0.3, 0.4) is 0 Å². The van der Waals surface area contributed by atoms with Crippen molar-refractivity contribution in [3.8, 4) is 0 Å². The van der Waals surface area contributed by atoms with Gasteiger partial charge in [-0.25, -0.2) is 0 Å². The van der Waals surface area contributed by atoms with Crippen molar-refractivity contribution >= 4 is 12.4 Å². The molecule has 0 radical (unpaired) electrons. The van der Waals surface area contributed by atoms with Gasteiger partial charge in [0.25, 0.3) is 0 Å². The summed E-state index contributed by atoms with van der Waals surface area (Å²) >= 11 is 0. The van der Waals surface area contributed by atoms with Gasteiger partial charge in [0, 0.05) is 18.5 Å². The van der Waals surface area contributed by atoms with Gasteiger partial charge in [0.15, 0.2) is 0 Å². The molecule has 0 saturated carbocycles. The quantitative estimate of drug-likeness (QED) is 0.857. The van der Waals surface area contributed by atoms with Gasteiger partial charge >= 0.3 is 0 Å². The summed E-state index contributed by atoms with van der Waals surface area (Å²) in [5.74, 6) is 0.822. The maximum atomic E-state index is 5.94.